The van der Waals surface area contributed by atoms with Gasteiger partial charge in [-0.2, -0.15) is 0 Å². The van der Waals surface area contributed by atoms with Crippen molar-refractivity contribution in [2.75, 3.05) is 33.5 Å². The van der Waals surface area contributed by atoms with Crippen LogP contribution in [0.5, 0.6) is 0 Å². The van der Waals surface area contributed by atoms with Gasteiger partial charge in [0.05, 0.1) is 24.3 Å². The fourth-order valence-corrected chi connectivity index (χ4v) is 2.04. The summed E-state index contributed by atoms with van der Waals surface area (Å²) in [6, 6.07) is -0.320. The fraction of sp³-hybridized carbons (Fsp3) is 0.692. The first-order chi connectivity index (χ1) is 9.81. The summed E-state index contributed by atoms with van der Waals surface area (Å²) in [5.74, 6) is -0.251. The number of hydrogen-bond donors (Lipinski definition) is 2. The van der Waals surface area contributed by atoms with Crippen molar-refractivity contribution in [2.45, 2.75) is 25.4 Å². The first-order valence-electron chi connectivity index (χ1n) is 6.79. The molecule has 0 radical (unpaired) electrons. The Morgan fingerprint density at radius 1 is 1.40 bits per heavy atom. The molecule has 0 fully saturated rings. The quantitative estimate of drug-likeness (QED) is 0.517. The zero-order valence-corrected chi connectivity index (χ0v) is 11.7. The van der Waals surface area contributed by atoms with Crippen LogP contribution in [0.3, 0.4) is 0 Å². The van der Waals surface area contributed by atoms with Gasteiger partial charge >= 0.3 is 5.97 Å². The predicted molar refractivity (Wildman–Crippen MR) is 71.2 cm³/mol. The molecule has 1 aliphatic rings. The number of imidazole rings is 1. The number of methoxy groups -OCH3 is 1. The summed E-state index contributed by atoms with van der Waals surface area (Å²) in [5, 5.41) is 3.13. The van der Waals surface area contributed by atoms with Crippen LogP contribution in [0.25, 0.3) is 0 Å². The van der Waals surface area contributed by atoms with Crippen LogP contribution in [0.2, 0.25) is 0 Å². The van der Waals surface area contributed by atoms with Crippen LogP contribution in [0, 0.1) is 0 Å². The second kappa shape index (κ2) is 7.98. The second-order valence-corrected chi connectivity index (χ2v) is 4.59. The lowest BCUT2D eigenvalue weighted by atomic mass is 10.1. The number of carbonyl (C=O) groups is 1. The number of carbonyl (C=O) groups excluding carboxylic acids is 1. The van der Waals surface area contributed by atoms with Gasteiger partial charge in [0.2, 0.25) is 0 Å². The van der Waals surface area contributed by atoms with Gasteiger partial charge in [-0.05, 0) is 6.42 Å². The first kappa shape index (κ1) is 15.0. The highest BCUT2D eigenvalue weighted by Gasteiger charge is 2.26. The fourth-order valence-electron chi connectivity index (χ4n) is 2.04. The van der Waals surface area contributed by atoms with E-state index in [2.05, 4.69) is 15.3 Å². The van der Waals surface area contributed by atoms with Crippen LogP contribution in [-0.2, 0) is 32.0 Å². The lowest BCUT2D eigenvalue weighted by Gasteiger charge is -2.21. The third-order valence-electron chi connectivity index (χ3n) is 3.12. The number of esters is 1. The molecule has 1 unspecified atom stereocenters. The van der Waals surface area contributed by atoms with Gasteiger partial charge in [0, 0.05) is 33.3 Å². The van der Waals surface area contributed by atoms with Gasteiger partial charge in [0.15, 0.2) is 0 Å². The number of hydrogen-bond acceptors (Lipinski definition) is 6. The molecule has 0 bridgehead atoms. The molecule has 0 aliphatic carbocycles. The molecule has 0 spiro atoms. The van der Waals surface area contributed by atoms with Crippen molar-refractivity contribution in [2.24, 2.45) is 0 Å². The lowest BCUT2D eigenvalue weighted by Crippen LogP contribution is -2.43. The highest BCUT2D eigenvalue weighted by molar-refractivity contribution is 5.76. The molecular formula is C13H21N3O4. The molecule has 0 aromatic carbocycles. The molecule has 112 valence electrons. The Morgan fingerprint density at radius 2 is 2.30 bits per heavy atom. The van der Waals surface area contributed by atoms with E-state index in [9.17, 15) is 4.79 Å². The van der Waals surface area contributed by atoms with Crippen LogP contribution in [0.4, 0.5) is 0 Å². The molecule has 7 heteroatoms. The van der Waals surface area contributed by atoms with Crippen molar-refractivity contribution >= 4 is 5.97 Å². The predicted octanol–water partition coefficient (Wildman–Crippen LogP) is 0.0203. The Morgan fingerprint density at radius 3 is 3.15 bits per heavy atom. The SMILES string of the molecule is COCCCOCCOC(=O)C1Cc2nc[nH]c2CN1. The lowest BCUT2D eigenvalue weighted by molar-refractivity contribution is -0.148. The highest BCUT2D eigenvalue weighted by Crippen LogP contribution is 2.12. The third-order valence-corrected chi connectivity index (χ3v) is 3.12. The van der Waals surface area contributed by atoms with Crippen molar-refractivity contribution in [1.82, 2.24) is 15.3 Å². The van der Waals surface area contributed by atoms with Crippen LogP contribution >= 0.6 is 0 Å². The summed E-state index contributed by atoms with van der Waals surface area (Å²) < 4.78 is 15.4. The molecule has 2 rings (SSSR count). The topological polar surface area (TPSA) is 85.5 Å². The maximum Gasteiger partial charge on any atom is 0.323 e. The van der Waals surface area contributed by atoms with E-state index in [0.717, 1.165) is 17.8 Å². The minimum absolute atomic E-state index is 0.251. The van der Waals surface area contributed by atoms with Gasteiger partial charge in [-0.25, -0.2) is 4.98 Å². The minimum Gasteiger partial charge on any atom is -0.462 e. The molecule has 0 amide bonds. The van der Waals surface area contributed by atoms with E-state index in [0.29, 0.717) is 32.8 Å². The average Bonchev–Trinajstić information content (AvgIpc) is 2.93. The van der Waals surface area contributed by atoms with E-state index < -0.39 is 0 Å². The number of aromatic amines is 1. The summed E-state index contributed by atoms with van der Waals surface area (Å²) in [6.07, 6.45) is 3.05. The number of fused-ring (bicyclic) bond motifs is 1. The van der Waals surface area contributed by atoms with Crippen molar-refractivity contribution in [3.8, 4) is 0 Å². The van der Waals surface area contributed by atoms with E-state index >= 15 is 0 Å². The molecule has 1 aromatic rings. The normalized spacial score (nSPS) is 17.8. The summed E-state index contributed by atoms with van der Waals surface area (Å²) in [7, 11) is 1.66. The van der Waals surface area contributed by atoms with E-state index in [1.165, 1.54) is 0 Å². The summed E-state index contributed by atoms with van der Waals surface area (Å²) in [5.41, 5.74) is 1.97. The first-order valence-corrected chi connectivity index (χ1v) is 6.79. The molecular weight excluding hydrogens is 262 g/mol. The molecule has 0 saturated heterocycles. The van der Waals surface area contributed by atoms with Crippen LogP contribution in [0.15, 0.2) is 6.33 Å². The van der Waals surface area contributed by atoms with Crippen molar-refractivity contribution in [3.63, 3.8) is 0 Å². The average molecular weight is 283 g/mol. The number of H-pyrrole nitrogens is 1. The molecule has 7 nitrogen and oxygen atoms in total. The zero-order valence-electron chi connectivity index (χ0n) is 11.7. The highest BCUT2D eigenvalue weighted by atomic mass is 16.6. The van der Waals surface area contributed by atoms with Gasteiger partial charge in [-0.3, -0.25) is 10.1 Å². The van der Waals surface area contributed by atoms with Gasteiger partial charge in [0.1, 0.15) is 12.6 Å². The second-order valence-electron chi connectivity index (χ2n) is 4.59. The maximum atomic E-state index is 11.9. The Bertz CT molecular complexity index is 422. The van der Waals surface area contributed by atoms with E-state index in [4.69, 9.17) is 14.2 Å². The summed E-state index contributed by atoms with van der Waals surface area (Å²) in [6.45, 7) is 2.59. The number of nitrogens with one attached hydrogen (secondary N) is 2. The standard InChI is InChI=1S/C13H21N3O4/c1-18-3-2-4-19-5-6-20-13(17)11-7-10-12(8-14-11)16-9-15-10/h9,11,14H,2-8H2,1H3,(H,15,16). The van der Waals surface area contributed by atoms with Crippen LogP contribution < -0.4 is 5.32 Å². The Kier molecular flexibility index (Phi) is 5.97. The van der Waals surface area contributed by atoms with Crippen molar-refractivity contribution < 1.29 is 19.0 Å². The summed E-state index contributed by atoms with van der Waals surface area (Å²) >= 11 is 0. The number of nitrogens with zero attached hydrogens (tertiary/aromatic N) is 1. The van der Waals surface area contributed by atoms with Gasteiger partial charge in [-0.1, -0.05) is 0 Å². The molecule has 2 heterocycles. The number of aromatic nitrogens is 2. The third kappa shape index (κ3) is 4.29. The molecule has 1 aliphatic heterocycles. The van der Waals surface area contributed by atoms with Gasteiger partial charge in [-0.15, -0.1) is 0 Å². The van der Waals surface area contributed by atoms with Gasteiger partial charge in [0.25, 0.3) is 0 Å². The molecule has 20 heavy (non-hydrogen) atoms. The maximum absolute atomic E-state index is 11.9. The largest absolute Gasteiger partial charge is 0.462 e. The van der Waals surface area contributed by atoms with E-state index in [-0.39, 0.29) is 18.6 Å². The molecule has 1 atom stereocenters. The Balaban J connectivity index is 1.59. The molecule has 0 saturated carbocycles. The van der Waals surface area contributed by atoms with Crippen LogP contribution in [-0.4, -0.2) is 55.5 Å². The number of ether oxygens (including phenoxy) is 3. The van der Waals surface area contributed by atoms with Crippen LogP contribution in [0.1, 0.15) is 17.8 Å². The Hall–Kier alpha value is -1.44. The summed E-state index contributed by atoms with van der Waals surface area (Å²) in [4.78, 5) is 19.1. The minimum atomic E-state index is -0.320. The van der Waals surface area contributed by atoms with Crippen molar-refractivity contribution in [1.29, 1.82) is 0 Å². The Labute approximate surface area is 118 Å². The smallest absolute Gasteiger partial charge is 0.323 e. The number of rotatable bonds is 8. The van der Waals surface area contributed by atoms with Crippen molar-refractivity contribution in [3.05, 3.63) is 17.7 Å². The zero-order chi connectivity index (χ0) is 14.2. The molecule has 2 N–H and O–H groups in total. The monoisotopic (exact) mass is 283 g/mol. The van der Waals surface area contributed by atoms with Gasteiger partial charge < -0.3 is 19.2 Å². The molecule has 1 aromatic heterocycles. The van der Waals surface area contributed by atoms with E-state index in [1.807, 2.05) is 0 Å². The van der Waals surface area contributed by atoms with E-state index in [1.54, 1.807) is 13.4 Å².